The first-order chi connectivity index (χ1) is 13.8. The van der Waals surface area contributed by atoms with Gasteiger partial charge >= 0.3 is 11.7 Å². The Bertz CT molecular complexity index is 1400. The molecule has 0 fully saturated rings. The molecule has 2 heterocycles. The van der Waals surface area contributed by atoms with Crippen LogP contribution in [0.25, 0.3) is 22.0 Å². The summed E-state index contributed by atoms with van der Waals surface area (Å²) < 4.78 is 34.0. The van der Waals surface area contributed by atoms with E-state index >= 15 is 0 Å². The highest BCUT2D eigenvalue weighted by atomic mass is 32.2. The quantitative estimate of drug-likeness (QED) is 0.438. The molecular weight excluding hydrogens is 398 g/mol. The topological polar surface area (TPSA) is 134 Å². The Morgan fingerprint density at radius 3 is 2.79 bits per heavy atom. The summed E-state index contributed by atoms with van der Waals surface area (Å²) in [7, 11) is -2.67. The number of carboxylic acids is 1. The Hall–Kier alpha value is -3.37. The second kappa shape index (κ2) is 6.90. The van der Waals surface area contributed by atoms with Gasteiger partial charge in [-0.1, -0.05) is 18.2 Å². The van der Waals surface area contributed by atoms with Gasteiger partial charge in [-0.3, -0.25) is 9.36 Å². The van der Waals surface area contributed by atoms with Crippen LogP contribution in [-0.2, 0) is 28.3 Å². The van der Waals surface area contributed by atoms with Crippen molar-refractivity contribution in [2.45, 2.75) is 17.4 Å². The molecule has 0 aliphatic heterocycles. The highest BCUT2D eigenvalue weighted by Crippen LogP contribution is 2.21. The molecule has 10 heteroatoms. The van der Waals surface area contributed by atoms with Gasteiger partial charge in [0.05, 0.1) is 10.4 Å². The number of H-pyrrole nitrogens is 1. The predicted octanol–water partition coefficient (Wildman–Crippen LogP) is 1.59. The normalized spacial score (nSPS) is 13.1. The maximum atomic E-state index is 12.8. The van der Waals surface area contributed by atoms with Crippen LogP contribution in [0.1, 0.15) is 5.56 Å². The molecule has 0 saturated carbocycles. The second-order valence-corrected chi connectivity index (χ2v) is 8.35. The van der Waals surface area contributed by atoms with Crippen LogP contribution in [-0.4, -0.2) is 35.1 Å². The molecular formula is C19H17N3O6S. The summed E-state index contributed by atoms with van der Waals surface area (Å²) in [6.45, 7) is 0. The molecule has 0 unspecified atom stereocenters. The third kappa shape index (κ3) is 3.43. The van der Waals surface area contributed by atoms with E-state index in [1.165, 1.54) is 29.8 Å². The predicted molar refractivity (Wildman–Crippen MR) is 105 cm³/mol. The number of rotatable bonds is 6. The zero-order chi connectivity index (χ0) is 20.8. The number of para-hydroxylation sites is 1. The number of benzene rings is 2. The molecule has 0 spiro atoms. The number of sulfonamides is 1. The molecule has 0 aliphatic carbocycles. The van der Waals surface area contributed by atoms with E-state index in [0.717, 1.165) is 10.9 Å². The second-order valence-electron chi connectivity index (χ2n) is 6.63. The molecule has 9 nitrogen and oxygen atoms in total. The van der Waals surface area contributed by atoms with Gasteiger partial charge in [-0.05, 0) is 23.8 Å². The number of oxazole rings is 1. The largest absolute Gasteiger partial charge is 0.480 e. The van der Waals surface area contributed by atoms with Crippen molar-refractivity contribution in [3.05, 3.63) is 64.8 Å². The molecule has 2 aromatic heterocycles. The Morgan fingerprint density at radius 2 is 2.03 bits per heavy atom. The van der Waals surface area contributed by atoms with Gasteiger partial charge in [-0.25, -0.2) is 13.2 Å². The van der Waals surface area contributed by atoms with Gasteiger partial charge in [-0.15, -0.1) is 0 Å². The fourth-order valence-electron chi connectivity index (χ4n) is 3.24. The van der Waals surface area contributed by atoms with E-state index in [1.54, 1.807) is 6.20 Å². The van der Waals surface area contributed by atoms with Crippen LogP contribution in [0.5, 0.6) is 0 Å². The van der Waals surface area contributed by atoms with Gasteiger partial charge in [0.1, 0.15) is 6.04 Å². The monoisotopic (exact) mass is 415 g/mol. The minimum atomic E-state index is -4.17. The van der Waals surface area contributed by atoms with Crippen molar-refractivity contribution >= 4 is 38.0 Å². The number of aryl methyl sites for hydroxylation is 1. The molecule has 29 heavy (non-hydrogen) atoms. The Balaban J connectivity index is 1.65. The van der Waals surface area contributed by atoms with Crippen LogP contribution in [0.4, 0.5) is 0 Å². The zero-order valence-electron chi connectivity index (χ0n) is 15.2. The Labute approximate surface area is 164 Å². The molecule has 1 atom stereocenters. The van der Waals surface area contributed by atoms with E-state index in [4.69, 9.17) is 4.42 Å². The minimum Gasteiger partial charge on any atom is -0.480 e. The van der Waals surface area contributed by atoms with Crippen LogP contribution < -0.4 is 10.5 Å². The van der Waals surface area contributed by atoms with E-state index in [2.05, 4.69) is 9.71 Å². The van der Waals surface area contributed by atoms with Gasteiger partial charge in [-0.2, -0.15) is 4.72 Å². The van der Waals surface area contributed by atoms with E-state index in [9.17, 15) is 23.1 Å². The summed E-state index contributed by atoms with van der Waals surface area (Å²) in [5.41, 5.74) is 2.05. The number of fused-ring (bicyclic) bond motifs is 2. The van der Waals surface area contributed by atoms with Gasteiger partial charge in [0.25, 0.3) is 0 Å². The maximum Gasteiger partial charge on any atom is 0.419 e. The van der Waals surface area contributed by atoms with E-state index in [1.807, 2.05) is 24.3 Å². The van der Waals surface area contributed by atoms with E-state index < -0.39 is 27.8 Å². The summed E-state index contributed by atoms with van der Waals surface area (Å²) in [6.07, 6.45) is 1.63. The van der Waals surface area contributed by atoms with Crippen LogP contribution in [0.3, 0.4) is 0 Å². The summed E-state index contributed by atoms with van der Waals surface area (Å²) in [4.78, 5) is 26.2. The first kappa shape index (κ1) is 19.0. The van der Waals surface area contributed by atoms with Crippen molar-refractivity contribution in [3.63, 3.8) is 0 Å². The molecule has 0 bridgehead atoms. The summed E-state index contributed by atoms with van der Waals surface area (Å²) in [6, 6.07) is 9.90. The zero-order valence-corrected chi connectivity index (χ0v) is 16.1. The van der Waals surface area contributed by atoms with Crippen molar-refractivity contribution in [2.24, 2.45) is 7.05 Å². The van der Waals surface area contributed by atoms with Crippen LogP contribution in [0.15, 0.2) is 62.8 Å². The number of nitrogens with one attached hydrogen (secondary N) is 2. The lowest BCUT2D eigenvalue weighted by molar-refractivity contribution is -0.138. The Morgan fingerprint density at radius 1 is 1.28 bits per heavy atom. The molecule has 2 aromatic carbocycles. The van der Waals surface area contributed by atoms with Crippen molar-refractivity contribution < 1.29 is 22.7 Å². The maximum absolute atomic E-state index is 12.8. The molecule has 0 saturated heterocycles. The standard InChI is InChI=1S/C19H17N3O6S/c1-22-16-7-6-12(9-17(16)28-19(22)25)29(26,27)21-15(18(23)24)8-11-10-20-14-5-3-2-4-13(11)14/h2-7,9-10,15,20-21H,8H2,1H3,(H,23,24)/t15-/m0/s1. The first-order valence-electron chi connectivity index (χ1n) is 8.66. The lowest BCUT2D eigenvalue weighted by atomic mass is 10.1. The van der Waals surface area contributed by atoms with Crippen molar-refractivity contribution in [1.29, 1.82) is 0 Å². The number of nitrogens with zero attached hydrogens (tertiary/aromatic N) is 1. The first-order valence-corrected chi connectivity index (χ1v) is 10.1. The molecule has 4 rings (SSSR count). The average Bonchev–Trinajstić information content (AvgIpc) is 3.22. The SMILES string of the molecule is Cn1c(=O)oc2cc(S(=O)(=O)N[C@@H](Cc3c[nH]c4ccccc34)C(=O)O)ccc21. The number of aliphatic carboxylic acids is 1. The summed E-state index contributed by atoms with van der Waals surface area (Å²) in [5, 5.41) is 10.4. The lowest BCUT2D eigenvalue weighted by Crippen LogP contribution is -2.42. The fourth-order valence-corrected chi connectivity index (χ4v) is 4.44. The number of hydrogen-bond acceptors (Lipinski definition) is 5. The highest BCUT2D eigenvalue weighted by Gasteiger charge is 2.27. The van der Waals surface area contributed by atoms with Gasteiger partial charge in [0.15, 0.2) is 5.58 Å². The third-order valence-electron chi connectivity index (χ3n) is 4.77. The number of aromatic amines is 1. The molecule has 0 aliphatic rings. The minimum absolute atomic E-state index is 0.0404. The Kier molecular flexibility index (Phi) is 4.52. The molecule has 150 valence electrons. The number of hydrogen-bond donors (Lipinski definition) is 3. The van der Waals surface area contributed by atoms with Gasteiger partial charge in [0.2, 0.25) is 10.0 Å². The van der Waals surface area contributed by atoms with Crippen molar-refractivity contribution in [1.82, 2.24) is 14.3 Å². The lowest BCUT2D eigenvalue weighted by Gasteiger charge is -2.14. The summed E-state index contributed by atoms with van der Waals surface area (Å²) >= 11 is 0. The molecule has 3 N–H and O–H groups in total. The van der Waals surface area contributed by atoms with Gasteiger partial charge < -0.3 is 14.5 Å². The van der Waals surface area contributed by atoms with Crippen LogP contribution in [0, 0.1) is 0 Å². The van der Waals surface area contributed by atoms with Crippen molar-refractivity contribution in [2.75, 3.05) is 0 Å². The van der Waals surface area contributed by atoms with Crippen molar-refractivity contribution in [3.8, 4) is 0 Å². The smallest absolute Gasteiger partial charge is 0.419 e. The number of carbonyl (C=O) groups is 1. The van der Waals surface area contributed by atoms with Crippen LogP contribution >= 0.6 is 0 Å². The number of aromatic nitrogens is 2. The van der Waals surface area contributed by atoms with E-state index in [0.29, 0.717) is 11.1 Å². The van der Waals surface area contributed by atoms with Crippen LogP contribution in [0.2, 0.25) is 0 Å². The molecule has 0 amide bonds. The third-order valence-corrected chi connectivity index (χ3v) is 6.24. The highest BCUT2D eigenvalue weighted by molar-refractivity contribution is 7.89. The average molecular weight is 415 g/mol. The van der Waals surface area contributed by atoms with Gasteiger partial charge in [0, 0.05) is 36.6 Å². The molecule has 4 aromatic rings. The number of carboxylic acid groups (broad SMARTS) is 1. The summed E-state index contributed by atoms with van der Waals surface area (Å²) in [5.74, 6) is -1.92. The molecule has 0 radical (unpaired) electrons. The van der Waals surface area contributed by atoms with E-state index in [-0.39, 0.29) is 16.9 Å². The fraction of sp³-hybridized carbons (Fsp3) is 0.158.